The summed E-state index contributed by atoms with van der Waals surface area (Å²) in [6.07, 6.45) is 0.492. The second kappa shape index (κ2) is 7.85. The molecule has 24 heavy (non-hydrogen) atoms. The number of rotatable bonds is 6. The Morgan fingerprint density at radius 3 is 2.42 bits per heavy atom. The van der Waals surface area contributed by atoms with Gasteiger partial charge in [-0.2, -0.15) is 0 Å². The molecule has 1 heterocycles. The molecule has 0 aliphatic rings. The minimum atomic E-state index is -1.82. The van der Waals surface area contributed by atoms with Crippen LogP contribution >= 0.6 is 34.8 Å². The Balaban J connectivity index is 2.04. The lowest BCUT2D eigenvalue weighted by molar-refractivity contribution is -0.384. The highest BCUT2D eigenvalue weighted by atomic mass is 35.6. The maximum Gasteiger partial charge on any atom is 0.269 e. The van der Waals surface area contributed by atoms with Gasteiger partial charge in [-0.15, -0.1) is 0 Å². The first kappa shape index (κ1) is 18.5. The molecule has 0 saturated heterocycles. The lowest BCUT2D eigenvalue weighted by Crippen LogP contribution is -2.53. The number of carbonyl (C=O) groups excluding carboxylic acids is 1. The fraction of sp³-hybridized carbons (Fsp3) is 0.214. The fourth-order valence-corrected chi connectivity index (χ4v) is 2.21. The van der Waals surface area contributed by atoms with Gasteiger partial charge in [0.05, 0.1) is 17.7 Å². The van der Waals surface area contributed by atoms with Crippen LogP contribution in [0.1, 0.15) is 16.1 Å². The molecule has 1 atom stereocenters. The molecule has 0 aliphatic heterocycles. The van der Waals surface area contributed by atoms with E-state index in [1.165, 1.54) is 30.5 Å². The van der Waals surface area contributed by atoms with Crippen molar-refractivity contribution in [1.29, 1.82) is 0 Å². The predicted molar refractivity (Wildman–Crippen MR) is 90.2 cm³/mol. The van der Waals surface area contributed by atoms with Gasteiger partial charge in [0.15, 0.2) is 0 Å². The van der Waals surface area contributed by atoms with E-state index in [0.29, 0.717) is 5.76 Å². The Morgan fingerprint density at radius 1 is 1.25 bits per heavy atom. The van der Waals surface area contributed by atoms with Crippen LogP contribution in [-0.2, 0) is 6.54 Å². The van der Waals surface area contributed by atoms with Crippen LogP contribution in [0.4, 0.5) is 5.69 Å². The number of furan rings is 1. The van der Waals surface area contributed by atoms with Crippen molar-refractivity contribution >= 4 is 46.4 Å². The number of benzene rings is 1. The molecule has 10 heteroatoms. The summed E-state index contributed by atoms with van der Waals surface area (Å²) in [5, 5.41) is 16.0. The summed E-state index contributed by atoms with van der Waals surface area (Å²) in [5.41, 5.74) is 0.0695. The van der Waals surface area contributed by atoms with Crippen molar-refractivity contribution in [3.63, 3.8) is 0 Å². The molecular weight excluding hydrogens is 381 g/mol. The molecule has 2 N–H and O–H groups in total. The van der Waals surface area contributed by atoms with Crippen LogP contribution in [0.15, 0.2) is 47.1 Å². The van der Waals surface area contributed by atoms with Crippen molar-refractivity contribution in [2.75, 3.05) is 0 Å². The summed E-state index contributed by atoms with van der Waals surface area (Å²) in [6, 6.07) is 8.49. The first-order valence-electron chi connectivity index (χ1n) is 6.65. The molecule has 1 aromatic carbocycles. The van der Waals surface area contributed by atoms with Crippen molar-refractivity contribution in [2.45, 2.75) is 16.5 Å². The fourth-order valence-electron chi connectivity index (χ4n) is 1.81. The highest BCUT2D eigenvalue weighted by Crippen LogP contribution is 2.29. The molecule has 2 aromatic rings. The topological polar surface area (TPSA) is 97.4 Å². The average molecular weight is 393 g/mol. The monoisotopic (exact) mass is 391 g/mol. The van der Waals surface area contributed by atoms with Gasteiger partial charge in [-0.3, -0.25) is 20.2 Å². The van der Waals surface area contributed by atoms with Gasteiger partial charge in [-0.25, -0.2) is 0 Å². The zero-order valence-electron chi connectivity index (χ0n) is 12.0. The third-order valence-corrected chi connectivity index (χ3v) is 3.66. The first-order chi connectivity index (χ1) is 11.3. The molecule has 1 amide bonds. The van der Waals surface area contributed by atoms with E-state index in [0.717, 1.165) is 0 Å². The molecule has 0 saturated carbocycles. The number of nitro benzene ring substituents is 1. The van der Waals surface area contributed by atoms with Crippen molar-refractivity contribution < 1.29 is 14.1 Å². The summed E-state index contributed by atoms with van der Waals surface area (Å²) in [4.78, 5) is 22.3. The van der Waals surface area contributed by atoms with Crippen LogP contribution in [0.3, 0.4) is 0 Å². The number of amides is 1. The van der Waals surface area contributed by atoms with Crippen LogP contribution < -0.4 is 10.6 Å². The number of hydrogen-bond acceptors (Lipinski definition) is 5. The van der Waals surface area contributed by atoms with Crippen molar-refractivity contribution in [1.82, 2.24) is 10.6 Å². The van der Waals surface area contributed by atoms with E-state index in [1.807, 2.05) is 0 Å². The van der Waals surface area contributed by atoms with Gasteiger partial charge in [0, 0.05) is 17.7 Å². The Bertz CT molecular complexity index is 699. The minimum Gasteiger partial charge on any atom is -0.468 e. The van der Waals surface area contributed by atoms with Crippen molar-refractivity contribution in [2.24, 2.45) is 0 Å². The Labute approximate surface area is 152 Å². The number of nitro groups is 1. The zero-order valence-corrected chi connectivity index (χ0v) is 14.3. The lowest BCUT2D eigenvalue weighted by Gasteiger charge is -2.26. The van der Waals surface area contributed by atoms with Crippen molar-refractivity contribution in [3.05, 3.63) is 64.1 Å². The predicted octanol–water partition coefficient (Wildman–Crippen LogP) is 3.40. The highest BCUT2D eigenvalue weighted by Gasteiger charge is 2.34. The molecule has 1 unspecified atom stereocenters. The van der Waals surface area contributed by atoms with Gasteiger partial charge in [0.1, 0.15) is 11.9 Å². The number of nitrogens with one attached hydrogen (secondary N) is 2. The molecule has 1 aromatic heterocycles. The number of nitrogens with zero attached hydrogens (tertiary/aromatic N) is 1. The SMILES string of the molecule is O=C(NC(NCc1ccco1)C(Cl)(Cl)Cl)c1ccc([N+](=O)[O-])cc1. The Kier molecular flexibility index (Phi) is 6.06. The van der Waals surface area contributed by atoms with Gasteiger partial charge in [0.25, 0.3) is 11.6 Å². The average Bonchev–Trinajstić information content (AvgIpc) is 3.03. The number of halogens is 3. The molecule has 2 rings (SSSR count). The van der Waals surface area contributed by atoms with Gasteiger partial charge in [0.2, 0.25) is 3.79 Å². The Morgan fingerprint density at radius 2 is 1.92 bits per heavy atom. The second-order valence-corrected chi connectivity index (χ2v) is 7.08. The standard InChI is InChI=1S/C14H12Cl3N3O4/c15-14(16,17)13(18-8-11-2-1-7-24-11)19-12(21)9-3-5-10(6-4-9)20(22)23/h1-7,13,18H,8H2,(H,19,21). The van der Waals surface area contributed by atoms with Crippen LogP contribution in [0.25, 0.3) is 0 Å². The number of hydrogen-bond donors (Lipinski definition) is 2. The number of carbonyl (C=O) groups is 1. The molecule has 0 radical (unpaired) electrons. The van der Waals surface area contributed by atoms with E-state index in [-0.39, 0.29) is 17.8 Å². The highest BCUT2D eigenvalue weighted by molar-refractivity contribution is 6.68. The third-order valence-electron chi connectivity index (χ3n) is 3.00. The first-order valence-corrected chi connectivity index (χ1v) is 7.78. The van der Waals surface area contributed by atoms with E-state index in [1.54, 1.807) is 12.1 Å². The summed E-state index contributed by atoms with van der Waals surface area (Å²) in [6.45, 7) is 0.228. The van der Waals surface area contributed by atoms with Gasteiger partial charge < -0.3 is 9.73 Å². The van der Waals surface area contributed by atoms with Crippen LogP contribution in [0, 0.1) is 10.1 Å². The Hall–Kier alpha value is -1.80. The van der Waals surface area contributed by atoms with Crippen LogP contribution in [0.2, 0.25) is 0 Å². The number of non-ortho nitro benzene ring substituents is 1. The molecule has 128 valence electrons. The van der Waals surface area contributed by atoms with E-state index >= 15 is 0 Å². The van der Waals surface area contributed by atoms with Crippen LogP contribution in [-0.4, -0.2) is 20.8 Å². The molecule has 0 spiro atoms. The van der Waals surface area contributed by atoms with Gasteiger partial charge >= 0.3 is 0 Å². The normalized spacial score (nSPS) is 12.6. The van der Waals surface area contributed by atoms with Crippen molar-refractivity contribution in [3.8, 4) is 0 Å². The van der Waals surface area contributed by atoms with Crippen LogP contribution in [0.5, 0.6) is 0 Å². The summed E-state index contributed by atoms with van der Waals surface area (Å²) in [7, 11) is 0. The summed E-state index contributed by atoms with van der Waals surface area (Å²) < 4.78 is 3.34. The number of alkyl halides is 3. The maximum atomic E-state index is 12.2. The maximum absolute atomic E-state index is 12.2. The molecular formula is C14H12Cl3N3O4. The van der Waals surface area contributed by atoms with Gasteiger partial charge in [-0.1, -0.05) is 34.8 Å². The third kappa shape index (κ3) is 5.10. The quantitative estimate of drug-likeness (QED) is 0.340. The van der Waals surface area contributed by atoms with E-state index < -0.39 is 20.8 Å². The molecule has 7 nitrogen and oxygen atoms in total. The van der Waals surface area contributed by atoms with E-state index in [9.17, 15) is 14.9 Å². The van der Waals surface area contributed by atoms with Gasteiger partial charge in [-0.05, 0) is 24.3 Å². The lowest BCUT2D eigenvalue weighted by atomic mass is 10.2. The van der Waals surface area contributed by atoms with E-state index in [4.69, 9.17) is 39.2 Å². The summed E-state index contributed by atoms with van der Waals surface area (Å²) >= 11 is 17.6. The largest absolute Gasteiger partial charge is 0.468 e. The molecule has 0 aliphatic carbocycles. The smallest absolute Gasteiger partial charge is 0.269 e. The minimum absolute atomic E-state index is 0.125. The van der Waals surface area contributed by atoms with E-state index in [2.05, 4.69) is 10.6 Å². The second-order valence-electron chi connectivity index (χ2n) is 4.71. The molecule has 0 bridgehead atoms. The zero-order chi connectivity index (χ0) is 17.7. The molecule has 0 fully saturated rings. The summed E-state index contributed by atoms with van der Waals surface area (Å²) in [5.74, 6) is 0.0482.